The maximum Gasteiger partial charge on any atom is 0.251 e. The molecule has 1 amide bonds. The van der Waals surface area contributed by atoms with Crippen molar-refractivity contribution in [1.82, 2.24) is 15.1 Å². The van der Waals surface area contributed by atoms with Crippen molar-refractivity contribution in [1.29, 1.82) is 0 Å². The highest BCUT2D eigenvalue weighted by atomic mass is 35.5. The fourth-order valence-electron chi connectivity index (χ4n) is 3.33. The van der Waals surface area contributed by atoms with Crippen molar-refractivity contribution < 1.29 is 9.53 Å². The first-order valence-electron chi connectivity index (χ1n) is 9.17. The van der Waals surface area contributed by atoms with Crippen molar-refractivity contribution in [2.45, 2.75) is 6.04 Å². The minimum Gasteiger partial charge on any atom is -0.497 e. The topological polar surface area (TPSA) is 44.8 Å². The zero-order valence-corrected chi connectivity index (χ0v) is 16.6. The third-order valence-electron chi connectivity index (χ3n) is 5.02. The first kappa shape index (κ1) is 19.7. The average molecular weight is 388 g/mol. The van der Waals surface area contributed by atoms with Gasteiger partial charge in [-0.15, -0.1) is 0 Å². The number of carbonyl (C=O) groups is 1. The molecule has 27 heavy (non-hydrogen) atoms. The maximum atomic E-state index is 12.6. The highest BCUT2D eigenvalue weighted by molar-refractivity contribution is 6.30. The molecule has 1 aliphatic heterocycles. The predicted molar refractivity (Wildman–Crippen MR) is 109 cm³/mol. The number of halogens is 1. The molecule has 1 N–H and O–H groups in total. The number of amides is 1. The van der Waals surface area contributed by atoms with E-state index in [4.69, 9.17) is 16.3 Å². The minimum absolute atomic E-state index is 0.0954. The average Bonchev–Trinajstić information content (AvgIpc) is 2.70. The lowest BCUT2D eigenvalue weighted by Gasteiger charge is -2.38. The summed E-state index contributed by atoms with van der Waals surface area (Å²) >= 11 is 6.06. The zero-order chi connectivity index (χ0) is 19.2. The summed E-state index contributed by atoms with van der Waals surface area (Å²) in [5, 5.41) is 3.81. The number of rotatable bonds is 6. The number of likely N-dealkylation sites (N-methyl/N-ethyl adjacent to an activating group) is 1. The molecule has 0 aromatic heterocycles. The van der Waals surface area contributed by atoms with E-state index in [1.165, 1.54) is 0 Å². The molecule has 144 valence electrons. The maximum absolute atomic E-state index is 12.6. The van der Waals surface area contributed by atoms with Crippen LogP contribution in [0.5, 0.6) is 5.75 Å². The number of nitrogens with one attached hydrogen (secondary N) is 1. The second kappa shape index (κ2) is 9.22. The summed E-state index contributed by atoms with van der Waals surface area (Å²) in [4.78, 5) is 17.4. The fraction of sp³-hybridized carbons (Fsp3) is 0.381. The van der Waals surface area contributed by atoms with E-state index in [9.17, 15) is 4.79 Å². The summed E-state index contributed by atoms with van der Waals surface area (Å²) < 4.78 is 5.21. The van der Waals surface area contributed by atoms with E-state index in [1.54, 1.807) is 19.2 Å². The van der Waals surface area contributed by atoms with Crippen LogP contribution < -0.4 is 10.1 Å². The number of methoxy groups -OCH3 is 1. The predicted octanol–water partition coefficient (Wildman–Crippen LogP) is 3.07. The molecule has 5 nitrogen and oxygen atoms in total. The van der Waals surface area contributed by atoms with E-state index in [0.29, 0.717) is 17.9 Å². The quantitative estimate of drug-likeness (QED) is 0.827. The van der Waals surface area contributed by atoms with Crippen LogP contribution in [0.25, 0.3) is 0 Å². The molecule has 0 unspecified atom stereocenters. The molecule has 6 heteroatoms. The van der Waals surface area contributed by atoms with Crippen LogP contribution in [-0.2, 0) is 0 Å². The lowest BCUT2D eigenvalue weighted by atomic mass is 10.0. The molecular formula is C21H26ClN3O2. The largest absolute Gasteiger partial charge is 0.497 e. The van der Waals surface area contributed by atoms with Crippen molar-refractivity contribution in [3.63, 3.8) is 0 Å². The van der Waals surface area contributed by atoms with Crippen LogP contribution in [0.1, 0.15) is 22.0 Å². The van der Waals surface area contributed by atoms with Gasteiger partial charge in [0.25, 0.3) is 5.91 Å². The van der Waals surface area contributed by atoms with Gasteiger partial charge in [-0.1, -0.05) is 29.8 Å². The van der Waals surface area contributed by atoms with Gasteiger partial charge in [-0.3, -0.25) is 9.69 Å². The van der Waals surface area contributed by atoms with Crippen LogP contribution in [0.4, 0.5) is 0 Å². The summed E-state index contributed by atoms with van der Waals surface area (Å²) in [5.74, 6) is 0.581. The molecule has 1 fully saturated rings. The van der Waals surface area contributed by atoms with E-state index in [-0.39, 0.29) is 11.9 Å². The smallest absolute Gasteiger partial charge is 0.251 e. The van der Waals surface area contributed by atoms with Crippen molar-refractivity contribution in [3.05, 3.63) is 64.7 Å². The zero-order valence-electron chi connectivity index (χ0n) is 15.8. The van der Waals surface area contributed by atoms with Crippen molar-refractivity contribution >= 4 is 17.5 Å². The normalized spacial score (nSPS) is 16.7. The number of hydrogen-bond donors (Lipinski definition) is 1. The minimum atomic E-state index is -0.0954. The van der Waals surface area contributed by atoms with Gasteiger partial charge in [-0.2, -0.15) is 0 Å². The number of hydrogen-bond acceptors (Lipinski definition) is 4. The number of benzene rings is 2. The number of piperazine rings is 1. The Kier molecular flexibility index (Phi) is 6.72. The Balaban J connectivity index is 1.72. The van der Waals surface area contributed by atoms with Crippen LogP contribution in [0, 0.1) is 0 Å². The number of carbonyl (C=O) groups excluding carboxylic acids is 1. The van der Waals surface area contributed by atoms with Gasteiger partial charge in [0.15, 0.2) is 0 Å². The highest BCUT2D eigenvalue weighted by Gasteiger charge is 2.24. The van der Waals surface area contributed by atoms with E-state index >= 15 is 0 Å². The molecule has 2 aromatic rings. The molecule has 2 aromatic carbocycles. The monoisotopic (exact) mass is 387 g/mol. The summed E-state index contributed by atoms with van der Waals surface area (Å²) in [7, 11) is 3.74. The Morgan fingerprint density at radius 2 is 1.85 bits per heavy atom. The Morgan fingerprint density at radius 3 is 2.52 bits per heavy atom. The third kappa shape index (κ3) is 5.22. The van der Waals surface area contributed by atoms with Crippen molar-refractivity contribution in [3.8, 4) is 5.75 Å². The van der Waals surface area contributed by atoms with Crippen LogP contribution in [-0.4, -0.2) is 62.6 Å². The summed E-state index contributed by atoms with van der Waals surface area (Å²) in [6, 6.07) is 15.2. The summed E-state index contributed by atoms with van der Waals surface area (Å²) in [6.45, 7) is 4.53. The molecule has 0 aliphatic carbocycles. The molecule has 1 heterocycles. The molecule has 0 spiro atoms. The van der Waals surface area contributed by atoms with Crippen LogP contribution in [0.2, 0.25) is 5.02 Å². The molecule has 1 saturated heterocycles. The van der Waals surface area contributed by atoms with Gasteiger partial charge < -0.3 is 15.0 Å². The molecule has 3 rings (SSSR count). The number of nitrogens with zero attached hydrogens (tertiary/aromatic N) is 2. The van der Waals surface area contributed by atoms with Gasteiger partial charge in [0.2, 0.25) is 0 Å². The van der Waals surface area contributed by atoms with Gasteiger partial charge >= 0.3 is 0 Å². The first-order chi connectivity index (χ1) is 13.1. The highest BCUT2D eigenvalue weighted by Crippen LogP contribution is 2.23. The van der Waals surface area contributed by atoms with Crippen LogP contribution >= 0.6 is 11.6 Å². The lowest BCUT2D eigenvalue weighted by Crippen LogP contribution is -2.48. The number of ether oxygens (including phenoxy) is 1. The molecule has 0 saturated carbocycles. The van der Waals surface area contributed by atoms with Crippen LogP contribution in [0.3, 0.4) is 0 Å². The molecule has 1 atom stereocenters. The summed E-state index contributed by atoms with van der Waals surface area (Å²) in [6.07, 6.45) is 0. The standard InChI is InChI=1S/C21H26ClN3O2/c1-24-10-12-25(13-11-24)20(16-6-8-18(22)9-7-16)15-23-21(26)17-4-3-5-19(14-17)27-2/h3-9,14,20H,10-13,15H2,1-2H3,(H,23,26)/t20-/m1/s1. The second-order valence-corrected chi connectivity index (χ2v) is 7.29. The third-order valence-corrected chi connectivity index (χ3v) is 5.27. The van der Waals surface area contributed by atoms with Gasteiger partial charge in [0.05, 0.1) is 13.2 Å². The van der Waals surface area contributed by atoms with Gasteiger partial charge in [0.1, 0.15) is 5.75 Å². The first-order valence-corrected chi connectivity index (χ1v) is 9.55. The van der Waals surface area contributed by atoms with E-state index < -0.39 is 0 Å². The molecule has 0 bridgehead atoms. The summed E-state index contributed by atoms with van der Waals surface area (Å²) in [5.41, 5.74) is 1.76. The van der Waals surface area contributed by atoms with Gasteiger partial charge in [0, 0.05) is 43.3 Å². The molecular weight excluding hydrogens is 362 g/mol. The van der Waals surface area contributed by atoms with Crippen molar-refractivity contribution in [2.75, 3.05) is 46.9 Å². The van der Waals surface area contributed by atoms with E-state index in [0.717, 1.165) is 36.8 Å². The van der Waals surface area contributed by atoms with E-state index in [2.05, 4.69) is 22.2 Å². The Morgan fingerprint density at radius 1 is 1.15 bits per heavy atom. The SMILES string of the molecule is COc1cccc(C(=O)NC[C@H](c2ccc(Cl)cc2)N2CCN(C)CC2)c1. The Labute approximate surface area is 165 Å². The van der Waals surface area contributed by atoms with Crippen molar-refractivity contribution in [2.24, 2.45) is 0 Å². The molecule has 0 radical (unpaired) electrons. The molecule has 1 aliphatic rings. The Hall–Kier alpha value is -2.08. The lowest BCUT2D eigenvalue weighted by molar-refractivity contribution is 0.0886. The van der Waals surface area contributed by atoms with Gasteiger partial charge in [-0.05, 0) is 42.9 Å². The second-order valence-electron chi connectivity index (χ2n) is 6.85. The Bertz CT molecular complexity index is 758. The van der Waals surface area contributed by atoms with Gasteiger partial charge in [-0.25, -0.2) is 0 Å². The van der Waals surface area contributed by atoms with Crippen LogP contribution in [0.15, 0.2) is 48.5 Å². The fourth-order valence-corrected chi connectivity index (χ4v) is 3.46. The van der Waals surface area contributed by atoms with E-state index in [1.807, 2.05) is 36.4 Å².